The molecule has 0 saturated heterocycles. The van der Waals surface area contributed by atoms with E-state index in [0.29, 0.717) is 25.8 Å². The van der Waals surface area contributed by atoms with Crippen LogP contribution in [0.25, 0.3) is 0 Å². The summed E-state index contributed by atoms with van der Waals surface area (Å²) < 4.78 is 0. The Morgan fingerprint density at radius 1 is 1.05 bits per heavy atom. The van der Waals surface area contributed by atoms with Gasteiger partial charge in [0.25, 0.3) is 0 Å². The van der Waals surface area contributed by atoms with E-state index in [1.54, 1.807) is 0 Å². The summed E-state index contributed by atoms with van der Waals surface area (Å²) in [4.78, 5) is 26.5. The molecule has 11 N–H and O–H groups in total. The Hall–Kier alpha value is -1.71. The number of hydrogen-bond donors (Lipinski definition) is 6. The summed E-state index contributed by atoms with van der Waals surface area (Å²) in [6, 6.07) is -1.65. The van der Waals surface area contributed by atoms with E-state index < -0.39 is 24.0 Å². The molecule has 0 aromatic rings. The van der Waals surface area contributed by atoms with Crippen LogP contribution >= 0.6 is 0 Å². The van der Waals surface area contributed by atoms with Gasteiger partial charge < -0.3 is 33.8 Å². The third-order valence-corrected chi connectivity index (χ3v) is 3.16. The summed E-state index contributed by atoms with van der Waals surface area (Å²) in [6.07, 6.45) is 1.52. The summed E-state index contributed by atoms with van der Waals surface area (Å²) in [5, 5.41) is 8.70. The molecule has 0 amide bonds. The van der Waals surface area contributed by atoms with Crippen molar-refractivity contribution in [1.82, 2.24) is 0 Å². The number of aliphatic carboxylic acids is 1. The van der Waals surface area contributed by atoms with E-state index in [2.05, 4.69) is 4.99 Å². The number of carbonyl (C=O) groups is 2. The van der Waals surface area contributed by atoms with E-state index in [1.807, 2.05) is 0 Å². The second-order valence-corrected chi connectivity index (χ2v) is 4.91. The van der Waals surface area contributed by atoms with Crippen molar-refractivity contribution < 1.29 is 14.7 Å². The van der Waals surface area contributed by atoms with Crippen molar-refractivity contribution in [3.63, 3.8) is 0 Å². The van der Waals surface area contributed by atoms with E-state index in [9.17, 15) is 9.59 Å². The quantitative estimate of drug-likeness (QED) is 0.139. The van der Waals surface area contributed by atoms with Crippen LogP contribution in [0.4, 0.5) is 0 Å². The van der Waals surface area contributed by atoms with E-state index in [-0.39, 0.29) is 24.7 Å². The Kier molecular flexibility index (Phi) is 9.26. The van der Waals surface area contributed by atoms with E-state index in [4.69, 9.17) is 33.8 Å². The minimum atomic E-state index is -1.10. The van der Waals surface area contributed by atoms with Crippen LogP contribution in [0, 0.1) is 5.92 Å². The minimum absolute atomic E-state index is 0.00242. The third kappa shape index (κ3) is 8.23. The lowest BCUT2D eigenvalue weighted by Gasteiger charge is -2.19. The van der Waals surface area contributed by atoms with Gasteiger partial charge in [-0.05, 0) is 25.7 Å². The number of aliphatic imine (C=N–C) groups is 1. The summed E-state index contributed by atoms with van der Waals surface area (Å²) in [6.45, 7) is 0.521. The molecule has 0 aliphatic heterocycles. The Morgan fingerprint density at radius 3 is 2.14 bits per heavy atom. The van der Waals surface area contributed by atoms with Crippen LogP contribution in [0.3, 0.4) is 0 Å². The Balaban J connectivity index is 4.23. The molecule has 122 valence electrons. The molecule has 9 heteroatoms. The highest BCUT2D eigenvalue weighted by atomic mass is 16.4. The van der Waals surface area contributed by atoms with Crippen LogP contribution in [0.15, 0.2) is 4.99 Å². The maximum atomic E-state index is 12.1. The van der Waals surface area contributed by atoms with Crippen molar-refractivity contribution >= 4 is 17.7 Å². The van der Waals surface area contributed by atoms with Gasteiger partial charge in [0, 0.05) is 19.0 Å². The smallest absolute Gasteiger partial charge is 0.320 e. The molecule has 21 heavy (non-hydrogen) atoms. The molecule has 0 fully saturated rings. The topological polar surface area (TPSA) is 197 Å². The molecule has 0 saturated carbocycles. The number of carbonyl (C=O) groups excluding carboxylic acids is 1. The molecule has 3 atom stereocenters. The normalized spacial score (nSPS) is 15.0. The third-order valence-electron chi connectivity index (χ3n) is 3.16. The van der Waals surface area contributed by atoms with Gasteiger partial charge in [0.1, 0.15) is 6.04 Å². The van der Waals surface area contributed by atoms with Gasteiger partial charge in [0.2, 0.25) is 0 Å². The number of guanidine groups is 1. The van der Waals surface area contributed by atoms with Gasteiger partial charge >= 0.3 is 5.97 Å². The van der Waals surface area contributed by atoms with Crippen LogP contribution in [0.5, 0.6) is 0 Å². The molecule has 0 spiro atoms. The van der Waals surface area contributed by atoms with E-state index in [1.165, 1.54) is 0 Å². The molecular formula is C12H26N6O3. The van der Waals surface area contributed by atoms with E-state index >= 15 is 0 Å². The highest BCUT2D eigenvalue weighted by molar-refractivity contribution is 5.86. The average Bonchev–Trinajstić information content (AvgIpc) is 2.42. The summed E-state index contributed by atoms with van der Waals surface area (Å²) in [5.74, 6) is -1.76. The second kappa shape index (κ2) is 10.1. The standard InChI is InChI=1S/C12H26N6O3/c13-6-7(3-4-9(15)11(20)21)10(19)8(14)2-1-5-18-12(16)17/h7-9H,1-6,13-15H2,(H,20,21)(H4,16,17,18)/t7?,8-,9-/m0/s1. The first-order chi connectivity index (χ1) is 9.79. The first-order valence-electron chi connectivity index (χ1n) is 6.82. The molecule has 0 aliphatic carbocycles. The fraction of sp³-hybridized carbons (Fsp3) is 0.750. The minimum Gasteiger partial charge on any atom is -0.480 e. The maximum absolute atomic E-state index is 12.1. The van der Waals surface area contributed by atoms with Gasteiger partial charge in [0.05, 0.1) is 6.04 Å². The SMILES string of the molecule is NCC(CC[C@H](N)C(=O)O)C(=O)[C@@H](N)CCCN=C(N)N. The zero-order chi connectivity index (χ0) is 16.4. The number of nitrogens with two attached hydrogens (primary N) is 5. The Morgan fingerprint density at radius 2 is 1.67 bits per heavy atom. The summed E-state index contributed by atoms with van der Waals surface area (Å²) >= 11 is 0. The van der Waals surface area contributed by atoms with Crippen LogP contribution in [-0.2, 0) is 9.59 Å². The number of hydrogen-bond acceptors (Lipinski definition) is 6. The van der Waals surface area contributed by atoms with Crippen molar-refractivity contribution in [2.45, 2.75) is 37.8 Å². The summed E-state index contributed by atoms with van der Waals surface area (Å²) in [7, 11) is 0. The Bertz CT molecular complexity index is 370. The number of ketones is 1. The molecule has 0 radical (unpaired) electrons. The number of carboxylic acids is 1. The molecule has 0 rings (SSSR count). The van der Waals surface area contributed by atoms with Crippen molar-refractivity contribution in [1.29, 1.82) is 0 Å². The van der Waals surface area contributed by atoms with Gasteiger partial charge in [-0.3, -0.25) is 14.6 Å². The lowest BCUT2D eigenvalue weighted by Crippen LogP contribution is -2.40. The van der Waals surface area contributed by atoms with Crippen LogP contribution < -0.4 is 28.7 Å². The summed E-state index contributed by atoms with van der Waals surface area (Å²) in [5.41, 5.74) is 27.1. The fourth-order valence-corrected chi connectivity index (χ4v) is 1.84. The lowest BCUT2D eigenvalue weighted by atomic mass is 9.90. The van der Waals surface area contributed by atoms with Crippen LogP contribution in [0.2, 0.25) is 0 Å². The number of nitrogens with zero attached hydrogens (tertiary/aromatic N) is 1. The van der Waals surface area contributed by atoms with Crippen molar-refractivity contribution in [2.24, 2.45) is 39.6 Å². The lowest BCUT2D eigenvalue weighted by molar-refractivity contribution is -0.139. The first kappa shape index (κ1) is 19.3. The van der Waals surface area contributed by atoms with Crippen molar-refractivity contribution in [3.05, 3.63) is 0 Å². The van der Waals surface area contributed by atoms with Crippen LogP contribution in [-0.4, -0.2) is 48.0 Å². The van der Waals surface area contributed by atoms with Gasteiger partial charge in [-0.25, -0.2) is 0 Å². The predicted molar refractivity (Wildman–Crippen MR) is 80.3 cm³/mol. The molecule has 0 bridgehead atoms. The molecule has 0 heterocycles. The highest BCUT2D eigenvalue weighted by Gasteiger charge is 2.24. The van der Waals surface area contributed by atoms with Crippen molar-refractivity contribution in [3.8, 4) is 0 Å². The number of rotatable bonds is 11. The van der Waals surface area contributed by atoms with Crippen molar-refractivity contribution in [2.75, 3.05) is 13.1 Å². The van der Waals surface area contributed by atoms with Gasteiger partial charge in [-0.2, -0.15) is 0 Å². The highest BCUT2D eigenvalue weighted by Crippen LogP contribution is 2.12. The largest absolute Gasteiger partial charge is 0.480 e. The molecule has 1 unspecified atom stereocenters. The fourth-order valence-electron chi connectivity index (χ4n) is 1.84. The number of Topliss-reactive ketones (excluding diaryl/α,β-unsaturated/α-hetero) is 1. The zero-order valence-corrected chi connectivity index (χ0v) is 12.1. The Labute approximate surface area is 123 Å². The van der Waals surface area contributed by atoms with Gasteiger partial charge in [0.15, 0.2) is 11.7 Å². The van der Waals surface area contributed by atoms with Crippen LogP contribution in [0.1, 0.15) is 25.7 Å². The number of carboxylic acid groups (broad SMARTS) is 1. The first-order valence-corrected chi connectivity index (χ1v) is 6.82. The molecule has 0 aromatic carbocycles. The zero-order valence-electron chi connectivity index (χ0n) is 12.1. The van der Waals surface area contributed by atoms with E-state index in [0.717, 1.165) is 0 Å². The molecular weight excluding hydrogens is 276 g/mol. The van der Waals surface area contributed by atoms with Gasteiger partial charge in [-0.1, -0.05) is 0 Å². The maximum Gasteiger partial charge on any atom is 0.320 e. The second-order valence-electron chi connectivity index (χ2n) is 4.91. The van der Waals surface area contributed by atoms with Gasteiger partial charge in [-0.15, -0.1) is 0 Å². The average molecular weight is 302 g/mol. The molecule has 9 nitrogen and oxygen atoms in total. The molecule has 0 aromatic heterocycles. The predicted octanol–water partition coefficient (Wildman–Crippen LogP) is -2.30. The monoisotopic (exact) mass is 302 g/mol. The molecule has 0 aliphatic rings.